The number of hydrogen-bond acceptors (Lipinski definition) is 10. The standard InChI is InChI=1S/C50H61N9O7/c1-27(2)41(55-48(63)65-5)46(61)58-19-9-11-39(58)43-52-26-38(54-43)37-22-30(25-51-37)32-15-14-31(34-23-50(24-35(32)34)17-7-8-18-50)29-13-16-36-33(21-29)45(60)57-44(53-36)40-12-10-20-59(40)47(62)42(28(3)4)56-49(64)66-6/h13-16,21,25-28,39-42H,7-12,17-20,22-24H2,1-6H3,(H,52,54)(H,55,63)(H,56,64)(H,53,57,60)/t39-,40-,41-,42-/m0/s1. The molecule has 3 aliphatic heterocycles. The maximum atomic E-state index is 13.9. The van der Waals surface area contributed by atoms with Crippen LogP contribution in [-0.4, -0.2) is 98.8 Å². The number of carbonyl (C=O) groups is 4. The molecule has 2 aromatic heterocycles. The van der Waals surface area contributed by atoms with E-state index in [4.69, 9.17) is 24.4 Å². The first-order chi connectivity index (χ1) is 31.8. The van der Waals surface area contributed by atoms with Gasteiger partial charge < -0.3 is 39.9 Å². The van der Waals surface area contributed by atoms with Gasteiger partial charge in [0.1, 0.15) is 23.7 Å². The highest BCUT2D eigenvalue weighted by atomic mass is 16.5. The van der Waals surface area contributed by atoms with E-state index in [-0.39, 0.29) is 40.7 Å². The molecule has 5 aliphatic rings. The van der Waals surface area contributed by atoms with Crippen molar-refractivity contribution < 1.29 is 28.7 Å². The number of ether oxygens (including phenoxy) is 2. The molecule has 16 nitrogen and oxygen atoms in total. The van der Waals surface area contributed by atoms with Crippen LogP contribution in [0.2, 0.25) is 0 Å². The van der Waals surface area contributed by atoms with Crippen molar-refractivity contribution in [3.63, 3.8) is 0 Å². The fourth-order valence-electron chi connectivity index (χ4n) is 11.2. The maximum absolute atomic E-state index is 13.9. The van der Waals surface area contributed by atoms with Crippen LogP contribution in [0.1, 0.15) is 132 Å². The van der Waals surface area contributed by atoms with Crippen LogP contribution in [0.25, 0.3) is 27.6 Å². The third-order valence-corrected chi connectivity index (χ3v) is 14.7. The minimum Gasteiger partial charge on any atom is -0.453 e. The molecule has 2 saturated heterocycles. The largest absolute Gasteiger partial charge is 0.453 e. The number of hydrogen-bond donors (Lipinski definition) is 4. The Labute approximate surface area is 384 Å². The quantitative estimate of drug-likeness (QED) is 0.119. The number of rotatable bonds is 11. The number of fused-ring (bicyclic) bond motifs is 2. The average Bonchev–Trinajstić information content (AvgIpc) is 4.17. The molecule has 1 spiro atoms. The van der Waals surface area contributed by atoms with Crippen molar-refractivity contribution in [1.29, 1.82) is 0 Å². The first-order valence-electron chi connectivity index (χ1n) is 23.6. The molecule has 4 N–H and O–H groups in total. The Hall–Kier alpha value is -6.32. The number of carbonyl (C=O) groups excluding carboxylic acids is 4. The van der Waals surface area contributed by atoms with Gasteiger partial charge in [0.25, 0.3) is 5.56 Å². The van der Waals surface area contributed by atoms with Gasteiger partial charge in [-0.15, -0.1) is 0 Å². The van der Waals surface area contributed by atoms with Crippen molar-refractivity contribution in [2.45, 2.75) is 122 Å². The molecule has 348 valence electrons. The predicted octanol–water partition coefficient (Wildman–Crippen LogP) is 7.29. The van der Waals surface area contributed by atoms with Crippen LogP contribution in [0.3, 0.4) is 0 Å². The van der Waals surface area contributed by atoms with Gasteiger partial charge in [-0.3, -0.25) is 19.4 Å². The zero-order valence-electron chi connectivity index (χ0n) is 38.8. The fraction of sp³-hybridized carbons (Fsp3) is 0.520. The molecule has 5 heterocycles. The third-order valence-electron chi connectivity index (χ3n) is 14.7. The molecule has 3 fully saturated rings. The SMILES string of the molecule is COC(=O)N[C@H](C(=O)N1CCC[C@H]1c1ncc(C2=NC=C(c3ccc(-c4ccc5nc([C@@H]6CCCN6C(=O)[C@@H](NC(=O)OC)C(C)C)[nH]c(=O)c5c4)c4c3CC3(CCCC3)C4)C2)[nH]1)C(C)C. The second kappa shape index (κ2) is 18.2. The summed E-state index contributed by atoms with van der Waals surface area (Å²) in [6, 6.07) is 8.21. The first kappa shape index (κ1) is 44.9. The zero-order chi connectivity index (χ0) is 46.4. The summed E-state index contributed by atoms with van der Waals surface area (Å²) in [5.41, 5.74) is 9.39. The molecule has 0 unspecified atom stereocenters. The molecule has 1 saturated carbocycles. The first-order valence-corrected chi connectivity index (χ1v) is 23.6. The van der Waals surface area contributed by atoms with E-state index in [0.717, 1.165) is 60.2 Å². The van der Waals surface area contributed by atoms with Crippen molar-refractivity contribution in [3.05, 3.63) is 87.1 Å². The number of nitrogens with zero attached hydrogens (tertiary/aromatic N) is 5. The van der Waals surface area contributed by atoms with Crippen molar-refractivity contribution in [2.24, 2.45) is 22.2 Å². The number of nitrogens with one attached hydrogen (secondary N) is 4. The second-order valence-corrected chi connectivity index (χ2v) is 19.5. The number of amides is 4. The highest BCUT2D eigenvalue weighted by molar-refractivity contribution is 6.08. The topological polar surface area (TPSA) is 204 Å². The number of H-pyrrole nitrogens is 2. The lowest BCUT2D eigenvalue weighted by Crippen LogP contribution is -2.51. The van der Waals surface area contributed by atoms with Gasteiger partial charge in [-0.05, 0) is 114 Å². The molecule has 66 heavy (non-hydrogen) atoms. The Morgan fingerprint density at radius 2 is 1.36 bits per heavy atom. The monoisotopic (exact) mass is 899 g/mol. The number of alkyl carbamates (subject to hydrolysis) is 2. The van der Waals surface area contributed by atoms with E-state index >= 15 is 0 Å². The molecule has 2 aliphatic carbocycles. The summed E-state index contributed by atoms with van der Waals surface area (Å²) < 4.78 is 9.59. The Morgan fingerprint density at radius 3 is 1.97 bits per heavy atom. The Bertz CT molecular complexity index is 2690. The molecule has 4 aromatic rings. The highest BCUT2D eigenvalue weighted by Gasteiger charge is 2.43. The van der Waals surface area contributed by atoms with Crippen LogP contribution in [0.15, 0.2) is 52.5 Å². The molecule has 0 radical (unpaired) electrons. The number of aromatic amines is 2. The maximum Gasteiger partial charge on any atom is 0.407 e. The lowest BCUT2D eigenvalue weighted by atomic mass is 9.82. The number of benzene rings is 2. The molecular weight excluding hydrogens is 839 g/mol. The molecule has 4 amide bonds. The van der Waals surface area contributed by atoms with E-state index in [1.54, 1.807) is 4.90 Å². The molecule has 9 rings (SSSR count). The van der Waals surface area contributed by atoms with Crippen molar-refractivity contribution in [2.75, 3.05) is 27.3 Å². The van der Waals surface area contributed by atoms with Gasteiger partial charge in [0.15, 0.2) is 0 Å². The van der Waals surface area contributed by atoms with Gasteiger partial charge in [-0.1, -0.05) is 58.7 Å². The number of aliphatic imine (C=N–C) groups is 1. The number of imidazole rings is 1. The highest BCUT2D eigenvalue weighted by Crippen LogP contribution is 2.53. The molecule has 4 atom stereocenters. The van der Waals surface area contributed by atoms with Crippen molar-refractivity contribution in [1.82, 2.24) is 40.4 Å². The minimum absolute atomic E-state index is 0.122. The zero-order valence-corrected chi connectivity index (χ0v) is 38.8. The molecule has 16 heteroatoms. The number of likely N-dealkylation sites (tertiary alicyclic amines) is 2. The Kier molecular flexibility index (Phi) is 12.3. The van der Waals surface area contributed by atoms with Crippen LogP contribution in [0.4, 0.5) is 9.59 Å². The van der Waals surface area contributed by atoms with E-state index < -0.39 is 30.3 Å². The summed E-state index contributed by atoms with van der Waals surface area (Å²) in [5, 5.41) is 5.89. The lowest BCUT2D eigenvalue weighted by Gasteiger charge is -2.30. The van der Waals surface area contributed by atoms with E-state index in [9.17, 15) is 24.0 Å². The van der Waals surface area contributed by atoms with Gasteiger partial charge in [-0.2, -0.15) is 0 Å². The summed E-state index contributed by atoms with van der Waals surface area (Å²) in [6.45, 7) is 8.63. The van der Waals surface area contributed by atoms with Gasteiger partial charge in [0.2, 0.25) is 11.8 Å². The van der Waals surface area contributed by atoms with Gasteiger partial charge in [-0.25, -0.2) is 19.6 Å². The summed E-state index contributed by atoms with van der Waals surface area (Å²) >= 11 is 0. The Balaban J connectivity index is 0.953. The van der Waals surface area contributed by atoms with Crippen LogP contribution in [-0.2, 0) is 31.9 Å². The van der Waals surface area contributed by atoms with E-state index in [2.05, 4.69) is 38.8 Å². The number of aromatic nitrogens is 4. The summed E-state index contributed by atoms with van der Waals surface area (Å²) in [7, 11) is 2.57. The summed E-state index contributed by atoms with van der Waals surface area (Å²) in [6.07, 6.45) is 13.0. The van der Waals surface area contributed by atoms with Crippen LogP contribution < -0.4 is 16.2 Å². The lowest BCUT2D eigenvalue weighted by molar-refractivity contribution is -0.136. The average molecular weight is 900 g/mol. The van der Waals surface area contributed by atoms with E-state index in [1.807, 2.05) is 57.1 Å². The van der Waals surface area contributed by atoms with E-state index in [1.165, 1.54) is 56.6 Å². The smallest absolute Gasteiger partial charge is 0.407 e. The normalized spacial score (nSPS) is 20.8. The minimum atomic E-state index is -0.773. The predicted molar refractivity (Wildman–Crippen MR) is 250 cm³/mol. The molecule has 2 aromatic carbocycles. The van der Waals surface area contributed by atoms with Gasteiger partial charge in [0.05, 0.1) is 54.8 Å². The second-order valence-electron chi connectivity index (χ2n) is 19.5. The fourth-order valence-corrected chi connectivity index (χ4v) is 11.2. The van der Waals surface area contributed by atoms with Crippen molar-refractivity contribution in [3.8, 4) is 11.1 Å². The Morgan fingerprint density at radius 1 is 0.773 bits per heavy atom. The van der Waals surface area contributed by atoms with Crippen LogP contribution in [0, 0.1) is 17.3 Å². The van der Waals surface area contributed by atoms with Gasteiger partial charge in [0, 0.05) is 25.7 Å². The number of allylic oxidation sites excluding steroid dienone is 1. The molecule has 0 bridgehead atoms. The van der Waals surface area contributed by atoms with Gasteiger partial charge >= 0.3 is 12.2 Å². The van der Waals surface area contributed by atoms with Crippen molar-refractivity contribution >= 4 is 46.2 Å². The number of methoxy groups -OCH3 is 2. The molecular formula is C50H61N9O7. The van der Waals surface area contributed by atoms with E-state index in [0.29, 0.717) is 48.5 Å². The third kappa shape index (κ3) is 8.38. The summed E-state index contributed by atoms with van der Waals surface area (Å²) in [4.78, 5) is 90.4. The van der Waals surface area contributed by atoms with Crippen LogP contribution in [0.5, 0.6) is 0 Å². The van der Waals surface area contributed by atoms with Crippen LogP contribution >= 0.6 is 0 Å². The summed E-state index contributed by atoms with van der Waals surface area (Å²) in [5.74, 6) is 0.482.